The average Bonchev–Trinajstić information content (AvgIpc) is 2.81. The summed E-state index contributed by atoms with van der Waals surface area (Å²) in [7, 11) is 2.15. The summed E-state index contributed by atoms with van der Waals surface area (Å²) in [5.74, 6) is 0.904. The van der Waals surface area contributed by atoms with Gasteiger partial charge in [-0.05, 0) is 38.3 Å². The van der Waals surface area contributed by atoms with Crippen LogP contribution in [0.5, 0.6) is 0 Å². The zero-order valence-electron chi connectivity index (χ0n) is 11.8. The Labute approximate surface area is 123 Å². The molecule has 1 aromatic carbocycles. The lowest BCUT2D eigenvalue weighted by atomic mass is 10.2. The average molecular weight is 289 g/mol. The molecule has 1 fully saturated rings. The minimum Gasteiger partial charge on any atom is -0.335 e. The van der Waals surface area contributed by atoms with Crippen molar-refractivity contribution in [1.82, 2.24) is 19.7 Å². The molecule has 1 aliphatic rings. The van der Waals surface area contributed by atoms with E-state index in [2.05, 4.69) is 46.1 Å². The number of benzene rings is 1. The summed E-state index contributed by atoms with van der Waals surface area (Å²) in [6.45, 7) is 5.26. The number of hydrogen-bond acceptors (Lipinski definition) is 4. The highest BCUT2D eigenvalue weighted by Crippen LogP contribution is 2.22. The molecule has 0 radical (unpaired) electrons. The van der Waals surface area contributed by atoms with Gasteiger partial charge in [-0.3, -0.25) is 4.57 Å². The van der Waals surface area contributed by atoms with Gasteiger partial charge in [0.25, 0.3) is 0 Å². The molecule has 0 spiro atoms. The Balaban J connectivity index is 2.01. The highest BCUT2D eigenvalue weighted by molar-refractivity contribution is 7.71. The van der Waals surface area contributed by atoms with Crippen LogP contribution in [0, 0.1) is 4.77 Å². The summed E-state index contributed by atoms with van der Waals surface area (Å²) >= 11 is 5.39. The third kappa shape index (κ3) is 2.36. The maximum atomic E-state index is 5.39. The van der Waals surface area contributed by atoms with Gasteiger partial charge in [0.05, 0.1) is 5.69 Å². The summed E-state index contributed by atoms with van der Waals surface area (Å²) in [5, 5.41) is 7.37. The van der Waals surface area contributed by atoms with Gasteiger partial charge in [-0.2, -0.15) is 0 Å². The van der Waals surface area contributed by atoms with Crippen molar-refractivity contribution in [2.75, 3.05) is 31.6 Å². The van der Waals surface area contributed by atoms with Crippen molar-refractivity contribution in [3.8, 4) is 5.69 Å². The number of piperazine rings is 1. The molecule has 0 amide bonds. The predicted octanol–water partition coefficient (Wildman–Crippen LogP) is 2.07. The third-order valence-corrected chi connectivity index (χ3v) is 4.03. The lowest BCUT2D eigenvalue weighted by Gasteiger charge is -2.38. The Morgan fingerprint density at radius 3 is 2.70 bits per heavy atom. The summed E-state index contributed by atoms with van der Waals surface area (Å²) in [6, 6.07) is 10.6. The SMILES string of the molecule is CC1CN(C)CCN1c1n[nH]c(=S)n1-c1ccccc1. The van der Waals surface area contributed by atoms with Crippen molar-refractivity contribution in [3.63, 3.8) is 0 Å². The number of aromatic amines is 1. The smallest absolute Gasteiger partial charge is 0.230 e. The van der Waals surface area contributed by atoms with Gasteiger partial charge in [-0.1, -0.05) is 18.2 Å². The molecule has 0 bridgehead atoms. The van der Waals surface area contributed by atoms with Gasteiger partial charge in [0, 0.05) is 25.7 Å². The van der Waals surface area contributed by atoms with Crippen LogP contribution in [-0.4, -0.2) is 52.4 Å². The van der Waals surface area contributed by atoms with Gasteiger partial charge in [0.1, 0.15) is 0 Å². The van der Waals surface area contributed by atoms with Crippen LogP contribution in [-0.2, 0) is 0 Å². The van der Waals surface area contributed by atoms with Crippen molar-refractivity contribution in [3.05, 3.63) is 35.1 Å². The van der Waals surface area contributed by atoms with Crippen molar-refractivity contribution in [2.24, 2.45) is 0 Å². The molecule has 20 heavy (non-hydrogen) atoms. The van der Waals surface area contributed by atoms with Crippen molar-refractivity contribution >= 4 is 18.2 Å². The number of anilines is 1. The molecule has 6 heteroatoms. The quantitative estimate of drug-likeness (QED) is 0.859. The Morgan fingerprint density at radius 2 is 2.00 bits per heavy atom. The first-order chi connectivity index (χ1) is 9.66. The maximum absolute atomic E-state index is 5.39. The summed E-state index contributed by atoms with van der Waals surface area (Å²) < 4.78 is 2.65. The van der Waals surface area contributed by atoms with E-state index in [1.54, 1.807) is 0 Å². The fourth-order valence-electron chi connectivity index (χ4n) is 2.73. The highest BCUT2D eigenvalue weighted by Gasteiger charge is 2.25. The fourth-order valence-corrected chi connectivity index (χ4v) is 2.96. The van der Waals surface area contributed by atoms with E-state index in [1.165, 1.54) is 0 Å². The maximum Gasteiger partial charge on any atom is 0.230 e. The molecule has 5 nitrogen and oxygen atoms in total. The second-order valence-electron chi connectivity index (χ2n) is 5.30. The monoisotopic (exact) mass is 289 g/mol. The van der Waals surface area contributed by atoms with Crippen LogP contribution >= 0.6 is 12.2 Å². The summed E-state index contributed by atoms with van der Waals surface area (Å²) in [5.41, 5.74) is 1.05. The standard InChI is InChI=1S/C14H19N5S/c1-11-10-17(2)8-9-18(11)13-15-16-14(20)19(13)12-6-4-3-5-7-12/h3-7,11H,8-10H2,1-2H3,(H,16,20). The second-order valence-corrected chi connectivity index (χ2v) is 5.69. The normalized spacial score (nSPS) is 20.3. The Kier molecular flexibility index (Phi) is 3.58. The Bertz CT molecular complexity index is 633. The molecule has 0 aliphatic carbocycles. The molecular weight excluding hydrogens is 270 g/mol. The number of rotatable bonds is 2. The van der Waals surface area contributed by atoms with Crippen LogP contribution < -0.4 is 4.90 Å². The molecule has 1 atom stereocenters. The first-order valence-corrected chi connectivity index (χ1v) is 7.25. The number of aromatic nitrogens is 3. The lowest BCUT2D eigenvalue weighted by Crippen LogP contribution is -2.51. The van der Waals surface area contributed by atoms with E-state index in [0.29, 0.717) is 10.8 Å². The van der Waals surface area contributed by atoms with Gasteiger partial charge in [0.15, 0.2) is 0 Å². The molecule has 1 saturated heterocycles. The summed E-state index contributed by atoms with van der Waals surface area (Å²) in [4.78, 5) is 4.66. The fraction of sp³-hybridized carbons (Fsp3) is 0.429. The van der Waals surface area contributed by atoms with Gasteiger partial charge < -0.3 is 9.80 Å². The van der Waals surface area contributed by atoms with Crippen LogP contribution in [0.2, 0.25) is 0 Å². The van der Waals surface area contributed by atoms with Crippen molar-refractivity contribution in [2.45, 2.75) is 13.0 Å². The van der Waals surface area contributed by atoms with E-state index in [9.17, 15) is 0 Å². The Morgan fingerprint density at radius 1 is 1.25 bits per heavy atom. The number of H-pyrrole nitrogens is 1. The molecular formula is C14H19N5S. The van der Waals surface area contributed by atoms with E-state index in [1.807, 2.05) is 22.8 Å². The van der Waals surface area contributed by atoms with E-state index in [4.69, 9.17) is 12.2 Å². The number of likely N-dealkylation sites (N-methyl/N-ethyl adjacent to an activating group) is 1. The van der Waals surface area contributed by atoms with Crippen molar-refractivity contribution in [1.29, 1.82) is 0 Å². The van der Waals surface area contributed by atoms with Gasteiger partial charge in [-0.15, -0.1) is 5.10 Å². The first kappa shape index (κ1) is 13.3. The summed E-state index contributed by atoms with van der Waals surface area (Å²) in [6.07, 6.45) is 0. The number of hydrogen-bond donors (Lipinski definition) is 1. The predicted molar refractivity (Wildman–Crippen MR) is 83.1 cm³/mol. The van der Waals surface area contributed by atoms with Gasteiger partial charge >= 0.3 is 0 Å². The molecule has 1 aliphatic heterocycles. The van der Waals surface area contributed by atoms with Gasteiger partial charge in [0.2, 0.25) is 10.7 Å². The first-order valence-electron chi connectivity index (χ1n) is 6.85. The van der Waals surface area contributed by atoms with E-state index < -0.39 is 0 Å². The molecule has 1 N–H and O–H groups in total. The number of nitrogens with zero attached hydrogens (tertiary/aromatic N) is 4. The molecule has 2 heterocycles. The van der Waals surface area contributed by atoms with E-state index >= 15 is 0 Å². The molecule has 1 aromatic heterocycles. The van der Waals surface area contributed by atoms with E-state index in [0.717, 1.165) is 31.3 Å². The van der Waals surface area contributed by atoms with Crippen LogP contribution in [0.3, 0.4) is 0 Å². The second kappa shape index (κ2) is 5.38. The zero-order valence-corrected chi connectivity index (χ0v) is 12.6. The van der Waals surface area contributed by atoms with Crippen LogP contribution in [0.1, 0.15) is 6.92 Å². The van der Waals surface area contributed by atoms with Crippen LogP contribution in [0.4, 0.5) is 5.95 Å². The number of nitrogens with one attached hydrogen (secondary N) is 1. The van der Waals surface area contributed by atoms with Crippen molar-refractivity contribution < 1.29 is 0 Å². The topological polar surface area (TPSA) is 40.1 Å². The molecule has 1 unspecified atom stereocenters. The van der Waals surface area contributed by atoms with E-state index in [-0.39, 0.29) is 0 Å². The zero-order chi connectivity index (χ0) is 14.1. The molecule has 0 saturated carbocycles. The molecule has 2 aromatic rings. The molecule has 106 valence electrons. The lowest BCUT2D eigenvalue weighted by molar-refractivity contribution is 0.273. The molecule has 3 rings (SSSR count). The highest BCUT2D eigenvalue weighted by atomic mass is 32.1. The van der Waals surface area contributed by atoms with Gasteiger partial charge in [-0.25, -0.2) is 5.10 Å². The minimum atomic E-state index is 0.418. The van der Waals surface area contributed by atoms with Crippen LogP contribution in [0.15, 0.2) is 30.3 Å². The Hall–Kier alpha value is -1.66. The third-order valence-electron chi connectivity index (χ3n) is 3.76. The largest absolute Gasteiger partial charge is 0.335 e. The number of para-hydroxylation sites is 1. The minimum absolute atomic E-state index is 0.418. The van der Waals surface area contributed by atoms with Crippen LogP contribution in [0.25, 0.3) is 5.69 Å².